The van der Waals surface area contributed by atoms with Crippen LogP contribution in [-0.2, 0) is 41.4 Å². The standard InChI is InChI=1S/C30H36FN15O14P2.2C6H15N/c31-11-1-15(44-8-41-16-23(32)35-5-38-26(16)44)56-13(11)3-54-61(50,51)60-22-20(49)14(58-30(22)46-10-43-18-25(34)37-7-40-28(18)46)4-55-62(52,53)59-21-19(48)12(2-47)57-29(21)45-9-42-17-24(33)36-6-39-27(17)45;2*1-4-7(5-2)6-3/h5-15,19-22,29-30,47-49H,1-4H2,(H,50,51)(H,52,53)(H2,32,35,38)(H2,33,36,39)(H2,34,37,40);2*4-6H2,1-3H3/t11-,12+,13+,14+,15+,19+,20+,21+,22+,29+,30+;;/m0../s1. The molecule has 6 aromatic rings. The predicted molar refractivity (Wildman–Crippen MR) is 262 cm³/mol. The first-order valence-corrected chi connectivity index (χ1v) is 27.6. The van der Waals surface area contributed by atoms with Crippen LogP contribution in [0.25, 0.3) is 33.5 Å². The number of imidazole rings is 3. The van der Waals surface area contributed by atoms with Crippen LogP contribution in [0.3, 0.4) is 0 Å². The van der Waals surface area contributed by atoms with E-state index in [1.807, 2.05) is 0 Å². The lowest BCUT2D eigenvalue weighted by atomic mass is 10.1. The molecule has 0 aliphatic carbocycles. The second-order valence-corrected chi connectivity index (χ2v) is 20.4. The van der Waals surface area contributed by atoms with Gasteiger partial charge in [-0.05, 0) is 41.5 Å². The number of nitrogens with one attached hydrogen (secondary N) is 2. The Labute approximate surface area is 434 Å². The van der Waals surface area contributed by atoms with Gasteiger partial charge in [0.05, 0.1) is 78.1 Å². The molecule has 0 aromatic carbocycles. The maximum atomic E-state index is 15.2. The molecule has 11 N–H and O–H groups in total. The van der Waals surface area contributed by atoms with Crippen LogP contribution in [-0.4, -0.2) is 182 Å². The highest BCUT2D eigenvalue weighted by atomic mass is 31.2. The summed E-state index contributed by atoms with van der Waals surface area (Å²) in [6, 6.07) is 0. The number of phosphoric acid groups is 2. The van der Waals surface area contributed by atoms with Gasteiger partial charge in [-0.15, -0.1) is 0 Å². The fourth-order valence-electron chi connectivity index (χ4n) is 8.79. The Kier molecular flexibility index (Phi) is 19.7. The minimum atomic E-state index is -5.52. The molecule has 3 aliphatic heterocycles. The number of aliphatic hydroxyl groups excluding tert-OH is 3. The SMILES string of the molecule is CC[NH+](CC)CC.CC[NH+](CC)CC.Nc1ncnc2c1ncn2[C@@H]1O[C@H](CO)[C@@H](O)[C@H]1OP(=O)([O-])OC[C@H]1O[C@@H](n2cnc3c(N)ncnc32)[C@H](OP(=O)([O-])OC[C@H]2O[C@@H](n3cnc4c(N)ncnc43)C[C@@H]2F)[C@@H]1O. The topological polar surface area (TPSA) is 423 Å². The number of halogens is 1. The third-order valence-corrected chi connectivity index (χ3v) is 15.2. The van der Waals surface area contributed by atoms with Gasteiger partial charge in [0.1, 0.15) is 90.7 Å². The lowest BCUT2D eigenvalue weighted by molar-refractivity contribution is -0.894. The Hall–Kier alpha value is -5.12. The molecule has 3 saturated heterocycles. The molecular formula is C42H66FN17O14P2. The number of anilines is 3. The number of nitrogens with two attached hydrogens (primary N) is 3. The van der Waals surface area contributed by atoms with Crippen molar-refractivity contribution in [1.29, 1.82) is 0 Å². The number of phosphoric ester groups is 2. The van der Waals surface area contributed by atoms with E-state index in [-0.39, 0.29) is 57.4 Å². The summed E-state index contributed by atoms with van der Waals surface area (Å²) in [5, 5.41) is 32.2. The Bertz CT molecular complexity index is 2910. The zero-order valence-electron chi connectivity index (χ0n) is 42.6. The summed E-state index contributed by atoms with van der Waals surface area (Å²) in [5.41, 5.74) is 18.4. The minimum absolute atomic E-state index is 0.00665. The average Bonchev–Trinajstić information content (AvgIpc) is 4.30. The number of hydrogen-bond donors (Lipinski definition) is 8. The fraction of sp³-hybridized carbons (Fsp3) is 0.643. The average molecular weight is 1110 g/mol. The highest BCUT2D eigenvalue weighted by Crippen LogP contribution is 2.50. The number of aromatic nitrogens is 12. The summed E-state index contributed by atoms with van der Waals surface area (Å²) < 4.78 is 83.8. The Morgan fingerprint density at radius 3 is 1.37 bits per heavy atom. The second kappa shape index (κ2) is 25.6. The molecule has 3 aliphatic rings. The highest BCUT2D eigenvalue weighted by Gasteiger charge is 2.51. The van der Waals surface area contributed by atoms with Gasteiger partial charge in [0.2, 0.25) is 0 Å². The summed E-state index contributed by atoms with van der Waals surface area (Å²) in [5.74, 6) is 0.00583. The van der Waals surface area contributed by atoms with Crippen molar-refractivity contribution in [2.75, 3.05) is 76.3 Å². The van der Waals surface area contributed by atoms with Crippen LogP contribution in [0.5, 0.6) is 0 Å². The van der Waals surface area contributed by atoms with E-state index in [4.69, 9.17) is 49.5 Å². The molecule has 9 rings (SSSR count). The lowest BCUT2D eigenvalue weighted by Gasteiger charge is -2.31. The predicted octanol–water partition coefficient (Wildman–Crippen LogP) is -3.01. The van der Waals surface area contributed by atoms with Crippen molar-refractivity contribution in [2.45, 2.75) is 116 Å². The molecule has 3 fully saturated rings. The summed E-state index contributed by atoms with van der Waals surface area (Å²) >= 11 is 0. The number of quaternary nitrogens is 2. The normalized spacial score (nSPS) is 27.2. The number of alkyl halides is 1. The first-order valence-electron chi connectivity index (χ1n) is 24.6. The molecular weight excluding hydrogens is 1050 g/mol. The molecule has 0 bridgehead atoms. The van der Waals surface area contributed by atoms with Crippen LogP contribution < -0.4 is 36.8 Å². The van der Waals surface area contributed by atoms with Crippen molar-refractivity contribution in [3.63, 3.8) is 0 Å². The highest BCUT2D eigenvalue weighted by molar-refractivity contribution is 7.46. The molecule has 31 nitrogen and oxygen atoms in total. The van der Waals surface area contributed by atoms with Crippen molar-refractivity contribution < 1.29 is 80.7 Å². The third kappa shape index (κ3) is 13.1. The summed E-state index contributed by atoms with van der Waals surface area (Å²) in [6.07, 6.45) is -10.9. The smallest absolute Gasteiger partial charge is 0.268 e. The number of ether oxygens (including phenoxy) is 3. The first kappa shape index (κ1) is 58.6. The Morgan fingerprint density at radius 1 is 0.605 bits per heavy atom. The van der Waals surface area contributed by atoms with E-state index in [1.165, 1.54) is 67.4 Å². The summed E-state index contributed by atoms with van der Waals surface area (Å²) in [4.78, 5) is 66.3. The zero-order chi connectivity index (χ0) is 55.1. The van der Waals surface area contributed by atoms with Crippen molar-refractivity contribution in [1.82, 2.24) is 58.6 Å². The second-order valence-electron chi connectivity index (χ2n) is 17.7. The first-order chi connectivity index (χ1) is 36.3. The number of fused-ring (bicyclic) bond motifs is 3. The van der Waals surface area contributed by atoms with Gasteiger partial charge in [-0.25, -0.2) is 49.2 Å². The van der Waals surface area contributed by atoms with Crippen molar-refractivity contribution in [2.24, 2.45) is 0 Å². The Balaban J connectivity index is 0.000000530. The number of rotatable bonds is 20. The van der Waals surface area contributed by atoms with Crippen LogP contribution in [0.4, 0.5) is 21.8 Å². The van der Waals surface area contributed by atoms with Gasteiger partial charge in [-0.3, -0.25) is 22.8 Å². The molecule has 0 spiro atoms. The van der Waals surface area contributed by atoms with Crippen LogP contribution in [0.2, 0.25) is 0 Å². The minimum Gasteiger partial charge on any atom is -0.756 e. The molecule has 13 atom stereocenters. The van der Waals surface area contributed by atoms with Gasteiger partial charge in [0, 0.05) is 6.42 Å². The molecule has 0 radical (unpaired) electrons. The van der Waals surface area contributed by atoms with E-state index >= 15 is 4.39 Å². The molecule has 76 heavy (non-hydrogen) atoms. The molecule has 420 valence electrons. The van der Waals surface area contributed by atoms with Crippen LogP contribution >= 0.6 is 15.6 Å². The monoisotopic (exact) mass is 1110 g/mol. The van der Waals surface area contributed by atoms with E-state index < -0.39 is 103 Å². The Morgan fingerprint density at radius 2 is 0.974 bits per heavy atom. The van der Waals surface area contributed by atoms with Crippen LogP contribution in [0.1, 0.15) is 66.6 Å². The van der Waals surface area contributed by atoms with Crippen LogP contribution in [0.15, 0.2) is 38.0 Å². The van der Waals surface area contributed by atoms with E-state index in [9.17, 15) is 34.2 Å². The molecule has 0 amide bonds. The van der Waals surface area contributed by atoms with Gasteiger partial charge < -0.3 is 84.4 Å². The van der Waals surface area contributed by atoms with Crippen molar-refractivity contribution in [3.8, 4) is 0 Å². The summed E-state index contributed by atoms with van der Waals surface area (Å²) in [6.45, 7) is 18.3. The van der Waals surface area contributed by atoms with Crippen LogP contribution in [0, 0.1) is 0 Å². The van der Waals surface area contributed by atoms with E-state index in [2.05, 4.69) is 86.4 Å². The van der Waals surface area contributed by atoms with Gasteiger partial charge in [0.25, 0.3) is 15.6 Å². The number of hydrogen-bond acceptors (Lipinski definition) is 26. The van der Waals surface area contributed by atoms with Gasteiger partial charge in [0.15, 0.2) is 46.9 Å². The molecule has 2 unspecified atom stereocenters. The summed E-state index contributed by atoms with van der Waals surface area (Å²) in [7, 11) is -11.0. The molecule has 0 saturated carbocycles. The molecule has 34 heteroatoms. The lowest BCUT2D eigenvalue weighted by Crippen LogP contribution is -3.11. The maximum absolute atomic E-state index is 15.2. The maximum Gasteiger partial charge on any atom is 0.268 e. The van der Waals surface area contributed by atoms with Gasteiger partial charge in [-0.2, -0.15) is 0 Å². The number of nitrogens with zero attached hydrogens (tertiary/aromatic N) is 12. The number of aliphatic hydroxyl groups is 3. The van der Waals surface area contributed by atoms with E-state index in [0.717, 1.165) is 23.5 Å². The largest absolute Gasteiger partial charge is 0.756 e. The zero-order valence-corrected chi connectivity index (χ0v) is 44.4. The molecule has 6 aromatic heterocycles. The molecule has 9 heterocycles. The van der Waals surface area contributed by atoms with E-state index in [0.29, 0.717) is 0 Å². The fourth-order valence-corrected chi connectivity index (χ4v) is 10.6. The van der Waals surface area contributed by atoms with E-state index in [1.54, 1.807) is 9.80 Å². The van der Waals surface area contributed by atoms with Gasteiger partial charge >= 0.3 is 0 Å². The van der Waals surface area contributed by atoms with Gasteiger partial charge in [-0.1, -0.05) is 0 Å². The quantitative estimate of drug-likeness (QED) is 0.0353. The van der Waals surface area contributed by atoms with Crippen molar-refractivity contribution in [3.05, 3.63) is 38.0 Å². The third-order valence-electron chi connectivity index (χ3n) is 13.3. The van der Waals surface area contributed by atoms with Crippen molar-refractivity contribution >= 4 is 66.6 Å². The number of nitrogen functional groups attached to an aromatic ring is 3.